The minimum Gasteiger partial charge on any atom is -0.325 e. The fourth-order valence-corrected chi connectivity index (χ4v) is 5.02. The van der Waals surface area contributed by atoms with Gasteiger partial charge in [-0.05, 0) is 30.3 Å². The topological polar surface area (TPSA) is 72.7 Å². The molecule has 4 aromatic rings. The number of anilines is 1. The van der Waals surface area contributed by atoms with Crippen LogP contribution in [0, 0.1) is 0 Å². The molecule has 0 aliphatic heterocycles. The van der Waals surface area contributed by atoms with E-state index in [-0.39, 0.29) is 17.2 Å². The van der Waals surface area contributed by atoms with Crippen molar-refractivity contribution in [1.29, 1.82) is 0 Å². The van der Waals surface area contributed by atoms with Crippen LogP contribution in [0.5, 0.6) is 0 Å². The summed E-state index contributed by atoms with van der Waals surface area (Å²) < 4.78 is 41.6. The number of rotatable bonds is 7. The van der Waals surface area contributed by atoms with Gasteiger partial charge in [-0.25, -0.2) is 4.98 Å². The van der Waals surface area contributed by atoms with Crippen molar-refractivity contribution in [1.82, 2.24) is 19.7 Å². The highest BCUT2D eigenvalue weighted by atomic mass is 35.5. The maximum atomic E-state index is 13.3. The van der Waals surface area contributed by atoms with Crippen LogP contribution in [0.15, 0.2) is 64.6 Å². The summed E-state index contributed by atoms with van der Waals surface area (Å²) in [4.78, 5) is 16.4. The molecule has 0 saturated heterocycles. The molecule has 0 fully saturated rings. The number of amides is 1. The monoisotopic (exact) mass is 523 g/mol. The normalized spacial score (nSPS) is 11.7. The predicted octanol–water partition coefficient (Wildman–Crippen LogP) is 6.06. The SMILES string of the molecule is Cn1c(CSc2cc(C(F)(F)F)nc3ccccc23)nnc1SCC(=O)Nc1cccc(Cl)c1. The van der Waals surface area contributed by atoms with Crippen LogP contribution < -0.4 is 5.32 Å². The minimum absolute atomic E-state index is 0.107. The van der Waals surface area contributed by atoms with Crippen LogP contribution in [0.2, 0.25) is 5.02 Å². The molecule has 176 valence electrons. The summed E-state index contributed by atoms with van der Waals surface area (Å²) in [5, 5.41) is 12.7. The fraction of sp³-hybridized carbons (Fsp3) is 0.182. The van der Waals surface area contributed by atoms with Gasteiger partial charge in [0.05, 0.1) is 17.0 Å². The molecule has 0 aliphatic carbocycles. The van der Waals surface area contributed by atoms with Gasteiger partial charge in [0.25, 0.3) is 0 Å². The van der Waals surface area contributed by atoms with Crippen molar-refractivity contribution in [3.63, 3.8) is 0 Å². The number of benzene rings is 2. The standard InChI is InChI=1S/C22H17ClF3N5OS2/c1-31-19(29-30-21(31)34-12-20(32)27-14-6-4-5-13(23)9-14)11-33-17-10-18(22(24,25)26)28-16-8-3-2-7-15(16)17/h2-10H,11-12H2,1H3,(H,27,32). The van der Waals surface area contributed by atoms with Crippen molar-refractivity contribution >= 4 is 57.6 Å². The molecule has 0 aliphatic rings. The molecule has 1 N–H and O–H groups in total. The molecule has 6 nitrogen and oxygen atoms in total. The number of nitrogens with one attached hydrogen (secondary N) is 1. The number of alkyl halides is 3. The van der Waals surface area contributed by atoms with Gasteiger partial charge < -0.3 is 9.88 Å². The van der Waals surface area contributed by atoms with E-state index in [9.17, 15) is 18.0 Å². The number of hydrogen-bond donors (Lipinski definition) is 1. The lowest BCUT2D eigenvalue weighted by Gasteiger charge is -2.11. The molecule has 2 aromatic heterocycles. The van der Waals surface area contributed by atoms with E-state index >= 15 is 0 Å². The Bertz CT molecular complexity index is 1350. The summed E-state index contributed by atoms with van der Waals surface area (Å²) in [7, 11) is 1.75. The number of fused-ring (bicyclic) bond motifs is 1. The van der Waals surface area contributed by atoms with Crippen LogP contribution in [0.4, 0.5) is 18.9 Å². The van der Waals surface area contributed by atoms with Crippen molar-refractivity contribution < 1.29 is 18.0 Å². The van der Waals surface area contributed by atoms with Crippen molar-refractivity contribution in [3.05, 3.63) is 71.1 Å². The molecular weight excluding hydrogens is 507 g/mol. The maximum absolute atomic E-state index is 13.3. The van der Waals surface area contributed by atoms with Crippen molar-refractivity contribution in [2.75, 3.05) is 11.1 Å². The van der Waals surface area contributed by atoms with Gasteiger partial charge in [0, 0.05) is 28.0 Å². The van der Waals surface area contributed by atoms with E-state index in [1.54, 1.807) is 60.1 Å². The summed E-state index contributed by atoms with van der Waals surface area (Å²) in [5.41, 5.74) is -0.0654. The Hall–Kier alpha value is -2.76. The number of halogens is 4. The molecule has 0 bridgehead atoms. The first kappa shape index (κ1) is 24.4. The van der Waals surface area contributed by atoms with E-state index in [0.717, 1.165) is 6.07 Å². The van der Waals surface area contributed by atoms with E-state index < -0.39 is 11.9 Å². The first-order valence-corrected chi connectivity index (χ1v) is 12.2. The van der Waals surface area contributed by atoms with Crippen LogP contribution in [0.3, 0.4) is 0 Å². The molecule has 0 spiro atoms. The zero-order valence-electron chi connectivity index (χ0n) is 17.6. The zero-order chi connectivity index (χ0) is 24.3. The zero-order valence-corrected chi connectivity index (χ0v) is 20.0. The largest absolute Gasteiger partial charge is 0.433 e. The highest BCUT2D eigenvalue weighted by Gasteiger charge is 2.33. The number of carbonyl (C=O) groups is 1. The van der Waals surface area contributed by atoms with Crippen molar-refractivity contribution in [2.24, 2.45) is 7.05 Å². The van der Waals surface area contributed by atoms with Gasteiger partial charge in [0.1, 0.15) is 11.5 Å². The third-order valence-electron chi connectivity index (χ3n) is 4.69. The average Bonchev–Trinajstić information content (AvgIpc) is 3.14. The van der Waals surface area contributed by atoms with Crippen molar-refractivity contribution in [2.45, 2.75) is 22.0 Å². The van der Waals surface area contributed by atoms with Gasteiger partial charge in [-0.2, -0.15) is 13.2 Å². The van der Waals surface area contributed by atoms with Gasteiger partial charge in [-0.3, -0.25) is 4.79 Å². The van der Waals surface area contributed by atoms with Crippen LogP contribution in [0.25, 0.3) is 10.9 Å². The Balaban J connectivity index is 1.43. The Morgan fingerprint density at radius 3 is 2.65 bits per heavy atom. The third-order valence-corrected chi connectivity index (χ3v) is 7.00. The Morgan fingerprint density at radius 1 is 1.09 bits per heavy atom. The number of pyridine rings is 1. The molecule has 2 aromatic carbocycles. The smallest absolute Gasteiger partial charge is 0.325 e. The molecule has 4 rings (SSSR count). The number of thioether (sulfide) groups is 2. The molecule has 0 unspecified atom stereocenters. The summed E-state index contributed by atoms with van der Waals surface area (Å²) in [6.07, 6.45) is -4.54. The number of para-hydroxylation sites is 1. The van der Waals surface area contributed by atoms with E-state index in [1.807, 2.05) is 0 Å². The molecule has 1 amide bonds. The first-order valence-electron chi connectivity index (χ1n) is 9.87. The quantitative estimate of drug-likeness (QED) is 0.297. The fourth-order valence-electron chi connectivity index (χ4n) is 3.04. The van der Waals surface area contributed by atoms with Gasteiger partial charge in [-0.1, -0.05) is 47.6 Å². The molecule has 2 heterocycles. The van der Waals surface area contributed by atoms with Gasteiger partial charge >= 0.3 is 6.18 Å². The Kier molecular flexibility index (Phi) is 7.34. The molecular formula is C22H17ClF3N5OS2. The number of nitrogens with zero attached hydrogens (tertiary/aromatic N) is 4. The summed E-state index contributed by atoms with van der Waals surface area (Å²) in [6.45, 7) is 0. The Labute approximate surface area is 206 Å². The van der Waals surface area contributed by atoms with E-state index in [4.69, 9.17) is 11.6 Å². The van der Waals surface area contributed by atoms with E-state index in [1.165, 1.54) is 23.5 Å². The molecule has 34 heavy (non-hydrogen) atoms. The number of hydrogen-bond acceptors (Lipinski definition) is 6. The lowest BCUT2D eigenvalue weighted by molar-refractivity contribution is -0.141. The predicted molar refractivity (Wildman–Crippen MR) is 128 cm³/mol. The van der Waals surface area contributed by atoms with Gasteiger partial charge in [0.15, 0.2) is 5.16 Å². The highest BCUT2D eigenvalue weighted by Crippen LogP contribution is 2.36. The first-order chi connectivity index (χ1) is 16.2. The molecule has 12 heteroatoms. The third kappa shape index (κ3) is 5.83. The minimum atomic E-state index is -4.54. The molecule has 0 atom stereocenters. The second-order valence-electron chi connectivity index (χ2n) is 7.11. The van der Waals surface area contributed by atoms with Crippen LogP contribution in [0.1, 0.15) is 11.5 Å². The van der Waals surface area contributed by atoms with Crippen molar-refractivity contribution in [3.8, 4) is 0 Å². The second kappa shape index (κ2) is 10.2. The highest BCUT2D eigenvalue weighted by molar-refractivity contribution is 7.99. The average molecular weight is 524 g/mol. The van der Waals surface area contributed by atoms with E-state index in [2.05, 4.69) is 20.5 Å². The number of carbonyl (C=O) groups excluding carboxylic acids is 1. The van der Waals surface area contributed by atoms with Gasteiger partial charge in [-0.15, -0.1) is 22.0 Å². The maximum Gasteiger partial charge on any atom is 0.433 e. The van der Waals surface area contributed by atoms with Gasteiger partial charge in [0.2, 0.25) is 5.91 Å². The molecule has 0 radical (unpaired) electrons. The van der Waals surface area contributed by atoms with Crippen LogP contribution in [-0.4, -0.2) is 31.4 Å². The Morgan fingerprint density at radius 2 is 1.88 bits per heavy atom. The van der Waals surface area contributed by atoms with Crippen LogP contribution >= 0.6 is 35.1 Å². The van der Waals surface area contributed by atoms with Crippen LogP contribution in [-0.2, 0) is 23.8 Å². The summed E-state index contributed by atoms with van der Waals surface area (Å²) in [6, 6.07) is 14.6. The second-order valence-corrected chi connectivity index (χ2v) is 9.51. The summed E-state index contributed by atoms with van der Waals surface area (Å²) in [5.74, 6) is 0.742. The lowest BCUT2D eigenvalue weighted by atomic mass is 10.2. The molecule has 0 saturated carbocycles. The number of aromatic nitrogens is 4. The van der Waals surface area contributed by atoms with E-state index in [0.29, 0.717) is 37.7 Å². The summed E-state index contributed by atoms with van der Waals surface area (Å²) >= 11 is 8.35. The lowest BCUT2D eigenvalue weighted by Crippen LogP contribution is -2.14.